The Kier molecular flexibility index (Phi) is 3.49. The molecule has 2 aromatic rings. The Morgan fingerprint density at radius 2 is 2.12 bits per heavy atom. The Labute approximate surface area is 99.3 Å². The second kappa shape index (κ2) is 4.87. The first-order valence-corrected chi connectivity index (χ1v) is 6.33. The van der Waals surface area contributed by atoms with Gasteiger partial charge in [-0.25, -0.2) is 0 Å². The minimum absolute atomic E-state index is 0.170. The van der Waals surface area contributed by atoms with Crippen molar-refractivity contribution in [2.24, 2.45) is 0 Å². The van der Waals surface area contributed by atoms with Gasteiger partial charge in [0.1, 0.15) is 0 Å². The smallest absolute Gasteiger partial charge is 0.176 e. The van der Waals surface area contributed by atoms with Crippen molar-refractivity contribution in [3.8, 4) is 0 Å². The van der Waals surface area contributed by atoms with E-state index in [1.54, 1.807) is 6.20 Å². The number of aromatic nitrogens is 2. The molecule has 2 nitrogen and oxygen atoms in total. The van der Waals surface area contributed by atoms with Gasteiger partial charge in [-0.1, -0.05) is 32.0 Å². The quantitative estimate of drug-likeness (QED) is 0.775. The van der Waals surface area contributed by atoms with Crippen LogP contribution in [-0.4, -0.2) is 9.19 Å². The summed E-state index contributed by atoms with van der Waals surface area (Å²) in [7, 11) is 0. The van der Waals surface area contributed by atoms with Crippen molar-refractivity contribution in [3.05, 3.63) is 30.0 Å². The summed E-state index contributed by atoms with van der Waals surface area (Å²) >= 11 is 0.170. The summed E-state index contributed by atoms with van der Waals surface area (Å²) in [6.45, 7) is 4.00. The van der Waals surface area contributed by atoms with E-state index in [9.17, 15) is 3.89 Å². The number of para-hydroxylation sites is 1. The van der Waals surface area contributed by atoms with Gasteiger partial charge >= 0.3 is 0 Å². The fraction of sp³-hybridized carbons (Fsp3) is 0.417. The molecule has 0 amide bonds. The molecule has 3 rings (SSSR count). The van der Waals surface area contributed by atoms with Crippen molar-refractivity contribution in [2.75, 3.05) is 0 Å². The number of benzene rings is 1. The average molecular weight is 238 g/mol. The number of halogens is 1. The molecule has 86 valence electrons. The fourth-order valence-electron chi connectivity index (χ4n) is 1.85. The number of fused-ring (bicyclic) bond motifs is 1. The van der Waals surface area contributed by atoms with Crippen LogP contribution in [0, 0.1) is 0 Å². The first-order valence-electron chi connectivity index (χ1n) is 5.66. The third-order valence-corrected chi connectivity index (χ3v) is 3.08. The number of nitrogens with zero attached hydrogens (tertiary/aromatic N) is 2. The second-order valence-corrected chi connectivity index (χ2v) is 4.13. The molecule has 0 radical (unpaired) electrons. The van der Waals surface area contributed by atoms with Crippen molar-refractivity contribution in [2.45, 2.75) is 32.6 Å². The van der Waals surface area contributed by atoms with Crippen LogP contribution in [0.5, 0.6) is 0 Å². The molecule has 4 heteroatoms. The normalized spacial score (nSPS) is 14.7. The van der Waals surface area contributed by atoms with Gasteiger partial charge in [-0.05, 0) is 24.3 Å². The number of hydrogen-bond acceptors (Lipinski definition) is 2. The van der Waals surface area contributed by atoms with Crippen LogP contribution in [0.2, 0.25) is 0 Å². The van der Waals surface area contributed by atoms with E-state index in [0.29, 0.717) is 5.92 Å². The highest BCUT2D eigenvalue weighted by atomic mass is 32.2. The molecule has 0 spiro atoms. The summed E-state index contributed by atoms with van der Waals surface area (Å²) in [4.78, 5) is 0. The summed E-state index contributed by atoms with van der Waals surface area (Å²) in [6, 6.07) is 6.07. The molecule has 16 heavy (non-hydrogen) atoms. The van der Waals surface area contributed by atoms with Gasteiger partial charge in [-0.15, -0.1) is 3.89 Å². The monoisotopic (exact) mass is 238 g/mol. The lowest BCUT2D eigenvalue weighted by Gasteiger charge is -2.01. The van der Waals surface area contributed by atoms with Crippen molar-refractivity contribution in [1.29, 1.82) is 0 Å². The maximum Gasteiger partial charge on any atom is 0.188 e. The number of rotatable bonds is 2. The van der Waals surface area contributed by atoms with Crippen molar-refractivity contribution >= 4 is 23.2 Å². The Morgan fingerprint density at radius 3 is 2.75 bits per heavy atom. The Morgan fingerprint density at radius 1 is 1.38 bits per heavy atom. The van der Waals surface area contributed by atoms with Crippen LogP contribution >= 0.6 is 12.3 Å². The average Bonchev–Trinajstić information content (AvgIpc) is 3.11. The topological polar surface area (TPSA) is 17.8 Å². The first-order chi connectivity index (χ1) is 7.90. The van der Waals surface area contributed by atoms with Crippen LogP contribution in [0.1, 0.15) is 38.2 Å². The SMILES string of the molecule is CC.FSn1ncc2cccc(C3CC3)c21. The molecule has 1 fully saturated rings. The highest BCUT2D eigenvalue weighted by Crippen LogP contribution is 2.43. The molecular weight excluding hydrogens is 223 g/mol. The van der Waals surface area contributed by atoms with E-state index in [1.807, 2.05) is 26.0 Å². The van der Waals surface area contributed by atoms with E-state index < -0.39 is 0 Å². The fourth-order valence-corrected chi connectivity index (χ4v) is 2.22. The summed E-state index contributed by atoms with van der Waals surface area (Å²) < 4.78 is 13.9. The van der Waals surface area contributed by atoms with E-state index in [-0.39, 0.29) is 12.3 Å². The third-order valence-electron chi connectivity index (χ3n) is 2.67. The van der Waals surface area contributed by atoms with Crippen molar-refractivity contribution < 1.29 is 3.89 Å². The molecule has 0 saturated heterocycles. The summed E-state index contributed by atoms with van der Waals surface area (Å²) in [5.74, 6) is 0.626. The van der Waals surface area contributed by atoms with Gasteiger partial charge in [0.15, 0.2) is 12.3 Å². The van der Waals surface area contributed by atoms with Gasteiger partial charge in [0.05, 0.1) is 11.7 Å². The molecule has 1 aromatic heterocycles. The molecule has 1 aliphatic carbocycles. The Bertz CT molecular complexity index is 477. The molecule has 1 aromatic carbocycles. The molecule has 1 heterocycles. The summed E-state index contributed by atoms with van der Waals surface area (Å²) in [5.41, 5.74) is 2.19. The van der Waals surface area contributed by atoms with E-state index in [1.165, 1.54) is 22.5 Å². The Hall–Kier alpha value is -1.03. The van der Waals surface area contributed by atoms with Crippen molar-refractivity contribution in [3.63, 3.8) is 0 Å². The minimum Gasteiger partial charge on any atom is -0.176 e. The molecule has 1 saturated carbocycles. The maximum absolute atomic E-state index is 12.6. The van der Waals surface area contributed by atoms with Gasteiger partial charge in [-0.2, -0.15) is 9.19 Å². The van der Waals surface area contributed by atoms with Gasteiger partial charge in [0.2, 0.25) is 0 Å². The molecule has 0 bridgehead atoms. The third kappa shape index (κ3) is 1.94. The zero-order valence-electron chi connectivity index (χ0n) is 9.48. The maximum atomic E-state index is 12.6. The van der Waals surface area contributed by atoms with Crippen LogP contribution in [0.15, 0.2) is 24.4 Å². The lowest BCUT2D eigenvalue weighted by atomic mass is 10.1. The minimum atomic E-state index is 0.170. The molecule has 0 atom stereocenters. The summed E-state index contributed by atoms with van der Waals surface area (Å²) in [5, 5.41) is 5.02. The molecule has 0 unspecified atom stereocenters. The standard InChI is InChI=1S/C10H9FN2S.C2H6/c11-14-13-10-8(6-12-13)2-1-3-9(10)7-4-5-7;1-2/h1-3,6-7H,4-5H2;1-2H3. The Balaban J connectivity index is 0.000000457. The van der Waals surface area contributed by atoms with Gasteiger partial charge < -0.3 is 0 Å². The highest BCUT2D eigenvalue weighted by molar-refractivity contribution is 7.92. The van der Waals surface area contributed by atoms with E-state index in [4.69, 9.17) is 0 Å². The van der Waals surface area contributed by atoms with Crippen LogP contribution < -0.4 is 0 Å². The zero-order chi connectivity index (χ0) is 11.5. The van der Waals surface area contributed by atoms with Gasteiger partial charge in [0, 0.05) is 5.39 Å². The lowest BCUT2D eigenvalue weighted by molar-refractivity contribution is 0.886. The highest BCUT2D eigenvalue weighted by Gasteiger charge is 2.26. The largest absolute Gasteiger partial charge is 0.188 e. The van der Waals surface area contributed by atoms with E-state index >= 15 is 0 Å². The molecular formula is C12H15FN2S. The zero-order valence-corrected chi connectivity index (χ0v) is 10.3. The predicted octanol–water partition coefficient (Wildman–Crippen LogP) is 4.32. The van der Waals surface area contributed by atoms with Gasteiger partial charge in [-0.3, -0.25) is 0 Å². The van der Waals surface area contributed by atoms with Crippen molar-refractivity contribution in [1.82, 2.24) is 9.19 Å². The van der Waals surface area contributed by atoms with Gasteiger partial charge in [0.25, 0.3) is 0 Å². The van der Waals surface area contributed by atoms with Crippen LogP contribution in [0.25, 0.3) is 10.9 Å². The lowest BCUT2D eigenvalue weighted by Crippen LogP contribution is -1.89. The van der Waals surface area contributed by atoms with E-state index in [2.05, 4.69) is 11.2 Å². The molecule has 1 aliphatic rings. The second-order valence-electron chi connectivity index (χ2n) is 3.65. The van der Waals surface area contributed by atoms with E-state index in [0.717, 1.165) is 10.9 Å². The van der Waals surface area contributed by atoms with Crippen LogP contribution in [0.3, 0.4) is 0 Å². The summed E-state index contributed by atoms with van der Waals surface area (Å²) in [6.07, 6.45) is 4.16. The van der Waals surface area contributed by atoms with Crippen LogP contribution in [0.4, 0.5) is 3.89 Å². The van der Waals surface area contributed by atoms with Crippen LogP contribution in [-0.2, 0) is 0 Å². The first kappa shape index (κ1) is 11.5. The molecule has 0 aliphatic heterocycles. The predicted molar refractivity (Wildman–Crippen MR) is 67.2 cm³/mol. The number of hydrogen-bond donors (Lipinski definition) is 0. The molecule has 0 N–H and O–H groups in total.